The summed E-state index contributed by atoms with van der Waals surface area (Å²) in [7, 11) is 0. The topological polar surface area (TPSA) is 108 Å². The van der Waals surface area contributed by atoms with E-state index in [4.69, 9.17) is 5.11 Å². The molecule has 1 rings (SSSR count). The molecule has 0 aliphatic heterocycles. The lowest BCUT2D eigenvalue weighted by Gasteiger charge is -2.10. The molecule has 0 radical (unpaired) electrons. The number of carboxylic acid groups (broad SMARTS) is 1. The number of pyridine rings is 1. The van der Waals surface area contributed by atoms with Gasteiger partial charge in [-0.25, -0.2) is 4.79 Å². The molecule has 7 heteroatoms. The highest BCUT2D eigenvalue weighted by Crippen LogP contribution is 2.08. The molecule has 0 aromatic carbocycles. The van der Waals surface area contributed by atoms with Crippen molar-refractivity contribution < 1.29 is 19.5 Å². The molecule has 3 N–H and O–H groups in total. The number of carbonyl (C=O) groups is 3. The zero-order chi connectivity index (χ0) is 15.8. The molecule has 0 spiro atoms. The monoisotopic (exact) mass is 291 g/mol. The minimum Gasteiger partial charge on any atom is -0.478 e. The summed E-state index contributed by atoms with van der Waals surface area (Å²) < 4.78 is 0. The molecule has 0 aliphatic carbocycles. The molecule has 1 heterocycles. The average molecular weight is 291 g/mol. The molecule has 0 atom stereocenters. The van der Waals surface area contributed by atoms with Gasteiger partial charge in [0, 0.05) is 35.6 Å². The van der Waals surface area contributed by atoms with E-state index < -0.39 is 11.9 Å². The highest BCUT2D eigenvalue weighted by molar-refractivity contribution is 6.00. The first-order valence-electron chi connectivity index (χ1n) is 6.32. The van der Waals surface area contributed by atoms with Crippen LogP contribution < -0.4 is 10.6 Å². The van der Waals surface area contributed by atoms with Crippen LogP contribution in [0.1, 0.15) is 29.8 Å². The number of amides is 2. The Labute approximate surface area is 122 Å². The Bertz CT molecular complexity index is 567. The Morgan fingerprint density at radius 2 is 2.10 bits per heavy atom. The van der Waals surface area contributed by atoms with Crippen molar-refractivity contribution in [2.24, 2.45) is 0 Å². The third kappa shape index (κ3) is 5.85. The molecule has 0 saturated carbocycles. The molecule has 7 nitrogen and oxygen atoms in total. The highest BCUT2D eigenvalue weighted by Gasteiger charge is 2.11. The van der Waals surface area contributed by atoms with E-state index in [0.717, 1.165) is 6.08 Å². The highest BCUT2D eigenvalue weighted by atomic mass is 16.4. The second-order valence-corrected chi connectivity index (χ2v) is 4.54. The van der Waals surface area contributed by atoms with Crippen LogP contribution in [-0.4, -0.2) is 40.5 Å². The summed E-state index contributed by atoms with van der Waals surface area (Å²) in [5, 5.41) is 13.7. The van der Waals surface area contributed by atoms with Gasteiger partial charge in [0.05, 0.1) is 6.54 Å². The molecule has 0 bridgehead atoms. The number of nitrogens with zero attached hydrogens (tertiary/aromatic N) is 1. The van der Waals surface area contributed by atoms with Gasteiger partial charge in [0.15, 0.2) is 0 Å². The van der Waals surface area contributed by atoms with Crippen molar-refractivity contribution in [2.75, 3.05) is 6.54 Å². The van der Waals surface area contributed by atoms with Crippen molar-refractivity contribution >= 4 is 23.9 Å². The van der Waals surface area contributed by atoms with E-state index in [1.807, 2.05) is 13.8 Å². The Kier molecular flexibility index (Phi) is 6.06. The summed E-state index contributed by atoms with van der Waals surface area (Å²) in [5.74, 6) is -1.89. The van der Waals surface area contributed by atoms with Crippen LogP contribution in [0.5, 0.6) is 0 Å². The van der Waals surface area contributed by atoms with E-state index in [2.05, 4.69) is 15.6 Å². The number of aromatic nitrogens is 1. The molecule has 0 fully saturated rings. The van der Waals surface area contributed by atoms with Crippen LogP contribution in [0.3, 0.4) is 0 Å². The molecular formula is C14H17N3O4. The molecule has 1 aromatic heterocycles. The first kappa shape index (κ1) is 16.4. The van der Waals surface area contributed by atoms with Crippen molar-refractivity contribution in [1.82, 2.24) is 15.6 Å². The number of carbonyl (C=O) groups excluding carboxylic acids is 2. The van der Waals surface area contributed by atoms with Gasteiger partial charge in [0.25, 0.3) is 5.91 Å². The molecule has 0 aliphatic rings. The zero-order valence-corrected chi connectivity index (χ0v) is 11.8. The van der Waals surface area contributed by atoms with Crippen molar-refractivity contribution in [1.29, 1.82) is 0 Å². The van der Waals surface area contributed by atoms with Crippen molar-refractivity contribution in [3.63, 3.8) is 0 Å². The van der Waals surface area contributed by atoms with Gasteiger partial charge in [0.2, 0.25) is 5.91 Å². The fourth-order valence-electron chi connectivity index (χ4n) is 1.54. The number of aliphatic carboxylic acids is 1. The van der Waals surface area contributed by atoms with Gasteiger partial charge in [-0.3, -0.25) is 14.6 Å². The minimum absolute atomic E-state index is 0.00983. The van der Waals surface area contributed by atoms with Crippen LogP contribution in [0.4, 0.5) is 0 Å². The fourth-order valence-corrected chi connectivity index (χ4v) is 1.54. The second-order valence-electron chi connectivity index (χ2n) is 4.54. The molecule has 0 unspecified atom stereocenters. The lowest BCUT2D eigenvalue weighted by Crippen LogP contribution is -2.39. The second kappa shape index (κ2) is 7.78. The summed E-state index contributed by atoms with van der Waals surface area (Å²) in [6.07, 6.45) is 4.99. The number of carboxylic acids is 1. The molecule has 112 valence electrons. The van der Waals surface area contributed by atoms with E-state index >= 15 is 0 Å². The maximum absolute atomic E-state index is 12.0. The predicted octanol–water partition coefficient (Wildman–Crippen LogP) is 0.434. The number of nitrogens with one attached hydrogen (secondary N) is 2. The number of rotatable bonds is 6. The normalized spacial score (nSPS) is 10.6. The van der Waals surface area contributed by atoms with Crippen molar-refractivity contribution in [2.45, 2.75) is 19.9 Å². The summed E-state index contributed by atoms with van der Waals surface area (Å²) in [6, 6.07) is 1.45. The Morgan fingerprint density at radius 1 is 1.38 bits per heavy atom. The van der Waals surface area contributed by atoms with Crippen LogP contribution in [0.25, 0.3) is 6.08 Å². The lowest BCUT2D eigenvalue weighted by molar-refractivity contribution is -0.131. The molecule has 2 amide bonds. The van der Waals surface area contributed by atoms with Gasteiger partial charge >= 0.3 is 5.97 Å². The summed E-state index contributed by atoms with van der Waals surface area (Å²) in [5.41, 5.74) is 0.613. The molecular weight excluding hydrogens is 274 g/mol. The van der Waals surface area contributed by atoms with E-state index in [1.165, 1.54) is 24.5 Å². The lowest BCUT2D eigenvalue weighted by atomic mass is 10.1. The van der Waals surface area contributed by atoms with E-state index in [-0.39, 0.29) is 24.1 Å². The van der Waals surface area contributed by atoms with Crippen molar-refractivity contribution in [3.05, 3.63) is 35.7 Å². The Balaban J connectivity index is 2.74. The first-order valence-corrected chi connectivity index (χ1v) is 6.32. The standard InChI is InChI=1S/C14H17N3O4/c1-9(2)17-12(18)8-16-14(21)11-5-6-15-7-10(11)3-4-13(19)20/h3-7,9H,8H2,1-2H3,(H,16,21)(H,17,18)(H,19,20). The summed E-state index contributed by atoms with van der Waals surface area (Å²) in [6.45, 7) is 3.48. The third-order valence-electron chi connectivity index (χ3n) is 2.36. The molecule has 0 saturated heterocycles. The Hall–Kier alpha value is -2.70. The number of hydrogen-bond acceptors (Lipinski definition) is 4. The quantitative estimate of drug-likeness (QED) is 0.659. The van der Waals surface area contributed by atoms with E-state index in [1.54, 1.807) is 0 Å². The first-order chi connectivity index (χ1) is 9.90. The van der Waals surface area contributed by atoms with Crippen LogP contribution >= 0.6 is 0 Å². The van der Waals surface area contributed by atoms with Crippen LogP contribution in [0, 0.1) is 0 Å². The fraction of sp³-hybridized carbons (Fsp3) is 0.286. The van der Waals surface area contributed by atoms with Crippen LogP contribution in [-0.2, 0) is 9.59 Å². The minimum atomic E-state index is -1.12. The largest absolute Gasteiger partial charge is 0.478 e. The SMILES string of the molecule is CC(C)NC(=O)CNC(=O)c1ccncc1C=CC(=O)O. The molecule has 21 heavy (non-hydrogen) atoms. The predicted molar refractivity (Wildman–Crippen MR) is 76.5 cm³/mol. The van der Waals surface area contributed by atoms with Gasteiger partial charge in [-0.05, 0) is 26.0 Å². The average Bonchev–Trinajstić information content (AvgIpc) is 2.42. The third-order valence-corrected chi connectivity index (χ3v) is 2.36. The van der Waals surface area contributed by atoms with Gasteiger partial charge < -0.3 is 15.7 Å². The maximum atomic E-state index is 12.0. The maximum Gasteiger partial charge on any atom is 0.328 e. The van der Waals surface area contributed by atoms with Gasteiger partial charge in [-0.15, -0.1) is 0 Å². The van der Waals surface area contributed by atoms with Crippen LogP contribution in [0.2, 0.25) is 0 Å². The van der Waals surface area contributed by atoms with Gasteiger partial charge in [0.1, 0.15) is 0 Å². The zero-order valence-electron chi connectivity index (χ0n) is 11.8. The van der Waals surface area contributed by atoms with Crippen LogP contribution in [0.15, 0.2) is 24.5 Å². The summed E-state index contributed by atoms with van der Waals surface area (Å²) >= 11 is 0. The molecule has 1 aromatic rings. The Morgan fingerprint density at radius 3 is 2.71 bits per heavy atom. The number of hydrogen-bond donors (Lipinski definition) is 3. The smallest absolute Gasteiger partial charge is 0.328 e. The van der Waals surface area contributed by atoms with Gasteiger partial charge in [-0.2, -0.15) is 0 Å². The van der Waals surface area contributed by atoms with E-state index in [9.17, 15) is 14.4 Å². The van der Waals surface area contributed by atoms with E-state index in [0.29, 0.717) is 5.56 Å². The summed E-state index contributed by atoms with van der Waals surface area (Å²) in [4.78, 5) is 37.8. The van der Waals surface area contributed by atoms with Gasteiger partial charge in [-0.1, -0.05) is 0 Å². The van der Waals surface area contributed by atoms with Crippen molar-refractivity contribution in [3.8, 4) is 0 Å².